The van der Waals surface area contributed by atoms with Crippen molar-refractivity contribution in [2.75, 3.05) is 18.7 Å². The van der Waals surface area contributed by atoms with Gasteiger partial charge in [0.05, 0.1) is 37.8 Å². The van der Waals surface area contributed by atoms with Crippen molar-refractivity contribution in [3.63, 3.8) is 0 Å². The molecule has 2 aromatic rings. The van der Waals surface area contributed by atoms with E-state index in [9.17, 15) is 14.5 Å². The summed E-state index contributed by atoms with van der Waals surface area (Å²) >= 11 is 0. The molecule has 0 fully saturated rings. The number of rotatable bonds is 10. The highest BCUT2D eigenvalue weighted by molar-refractivity contribution is 7.53. The van der Waals surface area contributed by atoms with Crippen molar-refractivity contribution in [2.45, 2.75) is 52.6 Å². The molecule has 0 amide bonds. The number of anilines is 1. The zero-order chi connectivity index (χ0) is 20.2. The molecule has 0 aliphatic carbocycles. The molecule has 0 saturated heterocycles. The van der Waals surface area contributed by atoms with Crippen LogP contribution in [0.2, 0.25) is 0 Å². The second-order valence-electron chi connectivity index (χ2n) is 6.54. The van der Waals surface area contributed by atoms with Gasteiger partial charge in [-0.05, 0) is 27.7 Å². The van der Waals surface area contributed by atoms with E-state index in [-0.39, 0.29) is 48.8 Å². The van der Waals surface area contributed by atoms with Gasteiger partial charge in [0, 0.05) is 0 Å². The minimum Gasteiger partial charge on any atom is -0.394 e. The second-order valence-corrected chi connectivity index (χ2v) is 8.44. The van der Waals surface area contributed by atoms with Gasteiger partial charge in [-0.1, -0.05) is 0 Å². The number of nitrogens with two attached hydrogens (primary N) is 1. The molecule has 4 N–H and O–H groups in total. The van der Waals surface area contributed by atoms with Crippen molar-refractivity contribution >= 4 is 24.7 Å². The largest absolute Gasteiger partial charge is 0.394 e. The number of imidazole rings is 1. The van der Waals surface area contributed by atoms with E-state index in [0.717, 1.165) is 0 Å². The molecule has 0 bridgehead atoms. The molecule has 0 aliphatic heterocycles. The van der Waals surface area contributed by atoms with Crippen molar-refractivity contribution in [1.29, 1.82) is 0 Å². The van der Waals surface area contributed by atoms with Gasteiger partial charge in [0.15, 0.2) is 11.2 Å². The van der Waals surface area contributed by atoms with Gasteiger partial charge < -0.3 is 29.2 Å². The standard InChI is InChI=1S/C15H26N5O6P/c1-9(2)25-27(23,26-10(3)4)8-24-11(6-21)5-20-7-17-12-13(20)18-15(16)19-14(12)22/h7,9-11,21H,5-6,8H2,1-4H3,(H3,16,18,19,22)/t11-/m1/s1. The maximum Gasteiger partial charge on any atom is 0.356 e. The van der Waals surface area contributed by atoms with Crippen molar-refractivity contribution in [1.82, 2.24) is 19.5 Å². The second kappa shape index (κ2) is 8.94. The van der Waals surface area contributed by atoms with Crippen LogP contribution < -0.4 is 11.3 Å². The van der Waals surface area contributed by atoms with Crippen molar-refractivity contribution in [3.8, 4) is 0 Å². The number of aliphatic hydroxyl groups is 1. The van der Waals surface area contributed by atoms with Gasteiger partial charge in [-0.2, -0.15) is 4.98 Å². The number of aliphatic hydroxyl groups excluding tert-OH is 1. The molecule has 2 rings (SSSR count). The topological polar surface area (TPSA) is 155 Å². The first-order valence-corrected chi connectivity index (χ1v) is 10.2. The lowest BCUT2D eigenvalue weighted by molar-refractivity contribution is 0.0112. The van der Waals surface area contributed by atoms with E-state index in [1.54, 1.807) is 27.7 Å². The predicted molar refractivity (Wildman–Crippen MR) is 99.4 cm³/mol. The normalized spacial score (nSPS) is 13.7. The molecule has 0 aliphatic rings. The number of nitrogen functional groups attached to an aromatic ring is 1. The molecule has 0 unspecified atom stereocenters. The van der Waals surface area contributed by atoms with E-state index >= 15 is 0 Å². The predicted octanol–water partition coefficient (Wildman–Crippen LogP) is 1.08. The molecular weight excluding hydrogens is 377 g/mol. The summed E-state index contributed by atoms with van der Waals surface area (Å²) in [6, 6.07) is 0. The van der Waals surface area contributed by atoms with Gasteiger partial charge in [-0.25, -0.2) is 4.98 Å². The Morgan fingerprint density at radius 1 is 1.30 bits per heavy atom. The van der Waals surface area contributed by atoms with E-state index in [1.165, 1.54) is 10.9 Å². The molecule has 11 nitrogen and oxygen atoms in total. The molecule has 1 atom stereocenters. The first-order chi connectivity index (χ1) is 12.6. The molecule has 0 radical (unpaired) electrons. The number of nitrogens with one attached hydrogen (secondary N) is 1. The molecule has 12 heteroatoms. The van der Waals surface area contributed by atoms with E-state index in [0.29, 0.717) is 0 Å². The molecule has 0 saturated carbocycles. The maximum absolute atomic E-state index is 12.8. The van der Waals surface area contributed by atoms with Crippen LogP contribution in [0.25, 0.3) is 11.2 Å². The third-order valence-electron chi connectivity index (χ3n) is 3.31. The van der Waals surface area contributed by atoms with E-state index in [2.05, 4.69) is 15.0 Å². The maximum atomic E-state index is 12.8. The fourth-order valence-corrected chi connectivity index (χ4v) is 4.26. The Balaban J connectivity index is 2.13. The van der Waals surface area contributed by atoms with Crippen LogP contribution >= 0.6 is 7.60 Å². The van der Waals surface area contributed by atoms with Crippen LogP contribution in [0, 0.1) is 0 Å². The van der Waals surface area contributed by atoms with Crippen LogP contribution in [0.4, 0.5) is 5.95 Å². The molecule has 27 heavy (non-hydrogen) atoms. The van der Waals surface area contributed by atoms with Crippen LogP contribution in [0.3, 0.4) is 0 Å². The van der Waals surface area contributed by atoms with Crippen molar-refractivity contribution < 1.29 is 23.5 Å². The van der Waals surface area contributed by atoms with Crippen molar-refractivity contribution in [2.24, 2.45) is 0 Å². The number of ether oxygens (including phenoxy) is 1. The van der Waals surface area contributed by atoms with E-state index < -0.39 is 19.3 Å². The number of hydrogen-bond donors (Lipinski definition) is 3. The lowest BCUT2D eigenvalue weighted by Gasteiger charge is -2.24. The van der Waals surface area contributed by atoms with E-state index in [1.807, 2.05) is 0 Å². The first kappa shape index (κ1) is 21.5. The Bertz CT molecular complexity index is 850. The number of aromatic nitrogens is 4. The van der Waals surface area contributed by atoms with Crippen LogP contribution in [0.15, 0.2) is 11.1 Å². The monoisotopic (exact) mass is 403 g/mol. The molecule has 2 heterocycles. The first-order valence-electron chi connectivity index (χ1n) is 8.52. The summed E-state index contributed by atoms with van der Waals surface area (Å²) in [5.41, 5.74) is 5.49. The quantitative estimate of drug-likeness (QED) is 0.494. The highest BCUT2D eigenvalue weighted by atomic mass is 31.2. The van der Waals surface area contributed by atoms with Crippen LogP contribution in [0.5, 0.6) is 0 Å². The summed E-state index contributed by atoms with van der Waals surface area (Å²) in [6.07, 6.45) is -0.307. The number of aromatic amines is 1. The Hall–Kier alpha value is -1.78. The van der Waals surface area contributed by atoms with Gasteiger partial charge in [-0.3, -0.25) is 14.3 Å². The van der Waals surface area contributed by atoms with Crippen LogP contribution in [-0.4, -0.2) is 55.9 Å². The van der Waals surface area contributed by atoms with Crippen LogP contribution in [0.1, 0.15) is 27.7 Å². The van der Waals surface area contributed by atoms with Crippen LogP contribution in [-0.2, 0) is 24.9 Å². The van der Waals surface area contributed by atoms with Gasteiger partial charge in [0.2, 0.25) is 5.95 Å². The fourth-order valence-electron chi connectivity index (χ4n) is 2.41. The van der Waals surface area contributed by atoms with Gasteiger partial charge >= 0.3 is 7.60 Å². The zero-order valence-electron chi connectivity index (χ0n) is 15.8. The third-order valence-corrected chi connectivity index (χ3v) is 5.26. The summed E-state index contributed by atoms with van der Waals surface area (Å²) in [5.74, 6) is -0.0455. The number of fused-ring (bicyclic) bond motifs is 1. The highest BCUT2D eigenvalue weighted by Crippen LogP contribution is 2.50. The highest BCUT2D eigenvalue weighted by Gasteiger charge is 2.29. The summed E-state index contributed by atoms with van der Waals surface area (Å²) in [6.45, 7) is 6.72. The summed E-state index contributed by atoms with van der Waals surface area (Å²) in [5, 5.41) is 9.62. The molecular formula is C15H26N5O6P. The molecule has 0 aromatic carbocycles. The SMILES string of the molecule is CC(C)OP(=O)(CO[C@@H](CO)Cn1cnc2c(=O)[nH]c(N)nc21)OC(C)C. The average molecular weight is 403 g/mol. The summed E-state index contributed by atoms with van der Waals surface area (Å²) in [4.78, 5) is 22.2. The van der Waals surface area contributed by atoms with Crippen molar-refractivity contribution in [3.05, 3.63) is 16.7 Å². The lowest BCUT2D eigenvalue weighted by Crippen LogP contribution is -2.26. The van der Waals surface area contributed by atoms with Gasteiger partial charge in [0.25, 0.3) is 5.56 Å². The number of hydrogen-bond acceptors (Lipinski definition) is 9. The Kier molecular flexibility index (Phi) is 7.12. The minimum absolute atomic E-state index is 0.0455. The minimum atomic E-state index is -3.50. The van der Waals surface area contributed by atoms with E-state index in [4.69, 9.17) is 19.5 Å². The Morgan fingerprint density at radius 2 is 1.93 bits per heavy atom. The molecule has 2 aromatic heterocycles. The smallest absolute Gasteiger partial charge is 0.356 e. The molecule has 152 valence electrons. The summed E-state index contributed by atoms with van der Waals surface area (Å²) < 4.78 is 30.8. The van der Waals surface area contributed by atoms with Gasteiger partial charge in [-0.15, -0.1) is 0 Å². The summed E-state index contributed by atoms with van der Waals surface area (Å²) in [7, 11) is -3.50. The Labute approximate surface area is 156 Å². The lowest BCUT2D eigenvalue weighted by atomic mass is 10.3. The Morgan fingerprint density at radius 3 is 2.48 bits per heavy atom. The number of H-pyrrole nitrogens is 1. The zero-order valence-corrected chi connectivity index (χ0v) is 16.7. The molecule has 0 spiro atoms. The fraction of sp³-hybridized carbons (Fsp3) is 0.667. The van der Waals surface area contributed by atoms with Gasteiger partial charge in [0.1, 0.15) is 6.35 Å². The number of nitrogens with zero attached hydrogens (tertiary/aromatic N) is 3. The average Bonchev–Trinajstić information content (AvgIpc) is 2.92. The third kappa shape index (κ3) is 5.85.